The Balaban J connectivity index is 2.61. The fourth-order valence-corrected chi connectivity index (χ4v) is 1.52. The highest BCUT2D eigenvalue weighted by Gasteiger charge is 2.26. The first-order chi connectivity index (χ1) is 7.79. The van der Waals surface area contributed by atoms with Gasteiger partial charge in [-0.05, 0) is 22.0 Å². The third-order valence-electron chi connectivity index (χ3n) is 1.74. The van der Waals surface area contributed by atoms with E-state index in [1.54, 1.807) is 0 Å². The van der Waals surface area contributed by atoms with Crippen LogP contribution in [0.15, 0.2) is 16.7 Å². The van der Waals surface area contributed by atoms with Gasteiger partial charge in [-0.1, -0.05) is 11.6 Å². The van der Waals surface area contributed by atoms with Gasteiger partial charge in [0, 0.05) is 17.2 Å². The Kier molecular flexibility index (Phi) is 4.76. The topological polar surface area (TPSA) is 42.0 Å². The molecular formula is C9H7BrClF3N2O. The number of hydrogen-bond donors (Lipinski definition) is 1. The summed E-state index contributed by atoms with van der Waals surface area (Å²) in [5.41, 5.74) is 0.0308. The van der Waals surface area contributed by atoms with Crippen LogP contribution in [0.1, 0.15) is 16.8 Å². The number of hydrogen-bond acceptors (Lipinski definition) is 2. The van der Waals surface area contributed by atoms with Gasteiger partial charge >= 0.3 is 6.18 Å². The van der Waals surface area contributed by atoms with Crippen LogP contribution in [-0.4, -0.2) is 23.6 Å². The molecular weight excluding hydrogens is 324 g/mol. The Morgan fingerprint density at radius 1 is 1.53 bits per heavy atom. The molecule has 0 saturated heterocycles. The molecule has 0 unspecified atom stereocenters. The summed E-state index contributed by atoms with van der Waals surface area (Å²) in [5.74, 6) is -0.687. The van der Waals surface area contributed by atoms with Crippen LogP contribution >= 0.6 is 27.5 Å². The number of rotatable bonds is 3. The predicted molar refractivity (Wildman–Crippen MR) is 60.0 cm³/mol. The first-order valence-corrected chi connectivity index (χ1v) is 5.62. The Hall–Kier alpha value is -0.820. The first kappa shape index (κ1) is 14.2. The molecule has 0 spiro atoms. The van der Waals surface area contributed by atoms with E-state index in [-0.39, 0.29) is 10.7 Å². The third-order valence-corrected chi connectivity index (χ3v) is 2.48. The van der Waals surface area contributed by atoms with Crippen LogP contribution in [0.4, 0.5) is 13.2 Å². The second kappa shape index (κ2) is 5.68. The second-order valence-electron chi connectivity index (χ2n) is 3.11. The number of pyridine rings is 1. The Labute approximate surface area is 108 Å². The molecule has 17 heavy (non-hydrogen) atoms. The van der Waals surface area contributed by atoms with Crippen LogP contribution in [-0.2, 0) is 0 Å². The largest absolute Gasteiger partial charge is 0.390 e. The lowest BCUT2D eigenvalue weighted by Crippen LogP contribution is -2.28. The van der Waals surface area contributed by atoms with Crippen molar-refractivity contribution in [2.45, 2.75) is 12.6 Å². The minimum atomic E-state index is -4.30. The molecule has 1 aromatic rings. The highest BCUT2D eigenvalue weighted by atomic mass is 79.9. The fraction of sp³-hybridized carbons (Fsp3) is 0.333. The molecule has 0 bridgehead atoms. The molecule has 8 heteroatoms. The summed E-state index contributed by atoms with van der Waals surface area (Å²) in [6.07, 6.45) is -4.00. The van der Waals surface area contributed by atoms with E-state index in [0.717, 1.165) is 0 Å². The van der Waals surface area contributed by atoms with Crippen molar-refractivity contribution in [3.8, 4) is 0 Å². The number of nitrogens with one attached hydrogen (secondary N) is 1. The van der Waals surface area contributed by atoms with Crippen molar-refractivity contribution in [2.24, 2.45) is 0 Å². The highest BCUT2D eigenvalue weighted by molar-refractivity contribution is 9.10. The van der Waals surface area contributed by atoms with Crippen molar-refractivity contribution in [3.63, 3.8) is 0 Å². The molecule has 0 atom stereocenters. The van der Waals surface area contributed by atoms with Gasteiger partial charge in [0.05, 0.1) is 12.0 Å². The standard InChI is InChI=1S/C9H7BrClF3N2O/c10-5-3-6(7(11)16-4-5)8(17)15-2-1-9(12,13)14/h3-4H,1-2H2,(H,15,17). The van der Waals surface area contributed by atoms with Crippen LogP contribution in [0.25, 0.3) is 0 Å². The van der Waals surface area contributed by atoms with E-state index in [1.165, 1.54) is 12.3 Å². The molecule has 94 valence electrons. The maximum atomic E-state index is 11.9. The van der Waals surface area contributed by atoms with Crippen molar-refractivity contribution < 1.29 is 18.0 Å². The molecule has 0 fully saturated rings. The van der Waals surface area contributed by atoms with Gasteiger partial charge in [-0.15, -0.1) is 0 Å². The second-order valence-corrected chi connectivity index (χ2v) is 4.39. The van der Waals surface area contributed by atoms with E-state index in [1.807, 2.05) is 0 Å². The molecule has 1 N–H and O–H groups in total. The molecule has 1 heterocycles. The first-order valence-electron chi connectivity index (χ1n) is 4.45. The van der Waals surface area contributed by atoms with Crippen molar-refractivity contribution in [2.75, 3.05) is 6.54 Å². The molecule has 0 aliphatic rings. The fourth-order valence-electron chi connectivity index (χ4n) is 0.995. The van der Waals surface area contributed by atoms with Gasteiger partial charge in [-0.3, -0.25) is 4.79 Å². The maximum Gasteiger partial charge on any atom is 0.390 e. The third kappa shape index (κ3) is 4.91. The van der Waals surface area contributed by atoms with Gasteiger partial charge in [0.2, 0.25) is 0 Å². The van der Waals surface area contributed by atoms with Gasteiger partial charge in [-0.2, -0.15) is 13.2 Å². The average molecular weight is 332 g/mol. The molecule has 0 aliphatic heterocycles. The van der Waals surface area contributed by atoms with Crippen LogP contribution in [0, 0.1) is 0 Å². The molecule has 3 nitrogen and oxygen atoms in total. The number of alkyl halides is 3. The van der Waals surface area contributed by atoms with Crippen molar-refractivity contribution >= 4 is 33.4 Å². The van der Waals surface area contributed by atoms with Crippen molar-refractivity contribution in [1.82, 2.24) is 10.3 Å². The zero-order valence-corrected chi connectivity index (χ0v) is 10.7. The molecule has 1 rings (SSSR count). The van der Waals surface area contributed by atoms with Crippen LogP contribution in [0.3, 0.4) is 0 Å². The van der Waals surface area contributed by atoms with Gasteiger partial charge in [-0.25, -0.2) is 4.98 Å². The number of carbonyl (C=O) groups excluding carboxylic acids is 1. The Morgan fingerprint density at radius 3 is 2.76 bits per heavy atom. The van der Waals surface area contributed by atoms with E-state index in [9.17, 15) is 18.0 Å². The summed E-state index contributed by atoms with van der Waals surface area (Å²) in [7, 11) is 0. The van der Waals surface area contributed by atoms with Gasteiger partial charge in [0.1, 0.15) is 5.15 Å². The lowest BCUT2D eigenvalue weighted by Gasteiger charge is -2.08. The SMILES string of the molecule is O=C(NCCC(F)(F)F)c1cc(Br)cnc1Cl. The number of amides is 1. The molecule has 0 saturated carbocycles. The van der Waals surface area contributed by atoms with Gasteiger partial charge in [0.15, 0.2) is 0 Å². The molecule has 1 aromatic heterocycles. The predicted octanol–water partition coefficient (Wildman–Crippen LogP) is 3.18. The van der Waals surface area contributed by atoms with Crippen molar-refractivity contribution in [3.05, 3.63) is 27.5 Å². The average Bonchev–Trinajstić information content (AvgIpc) is 2.19. The smallest absolute Gasteiger partial charge is 0.352 e. The summed E-state index contributed by atoms with van der Waals surface area (Å²) < 4.78 is 36.1. The molecule has 0 aromatic carbocycles. The molecule has 0 radical (unpaired) electrons. The molecule has 1 amide bonds. The number of carbonyl (C=O) groups is 1. The number of nitrogens with zero attached hydrogens (tertiary/aromatic N) is 1. The quantitative estimate of drug-likeness (QED) is 0.864. The lowest BCUT2D eigenvalue weighted by atomic mass is 10.2. The van der Waals surface area contributed by atoms with E-state index in [0.29, 0.717) is 4.47 Å². The monoisotopic (exact) mass is 330 g/mol. The zero-order valence-electron chi connectivity index (χ0n) is 8.31. The normalized spacial score (nSPS) is 11.4. The minimum Gasteiger partial charge on any atom is -0.352 e. The van der Waals surface area contributed by atoms with E-state index in [2.05, 4.69) is 26.2 Å². The van der Waals surface area contributed by atoms with Gasteiger partial charge < -0.3 is 5.32 Å². The maximum absolute atomic E-state index is 11.9. The van der Waals surface area contributed by atoms with E-state index < -0.39 is 25.0 Å². The number of aromatic nitrogens is 1. The summed E-state index contributed by atoms with van der Waals surface area (Å²) >= 11 is 8.73. The van der Waals surface area contributed by atoms with Gasteiger partial charge in [0.25, 0.3) is 5.91 Å². The van der Waals surface area contributed by atoms with E-state index in [4.69, 9.17) is 11.6 Å². The van der Waals surface area contributed by atoms with E-state index >= 15 is 0 Å². The number of halogens is 5. The summed E-state index contributed by atoms with van der Waals surface area (Å²) in [6.45, 7) is -0.495. The lowest BCUT2D eigenvalue weighted by molar-refractivity contribution is -0.132. The zero-order chi connectivity index (χ0) is 13.1. The minimum absolute atomic E-state index is 0.0308. The molecule has 0 aliphatic carbocycles. The Bertz CT molecular complexity index is 425. The van der Waals surface area contributed by atoms with Crippen LogP contribution < -0.4 is 5.32 Å². The Morgan fingerprint density at radius 2 is 2.18 bits per heavy atom. The summed E-state index contributed by atoms with van der Waals surface area (Å²) in [5, 5.41) is 2.06. The van der Waals surface area contributed by atoms with Crippen LogP contribution in [0.2, 0.25) is 5.15 Å². The highest BCUT2D eigenvalue weighted by Crippen LogP contribution is 2.20. The van der Waals surface area contributed by atoms with Crippen LogP contribution in [0.5, 0.6) is 0 Å². The summed E-state index contributed by atoms with van der Waals surface area (Å²) in [6, 6.07) is 1.39. The summed E-state index contributed by atoms with van der Waals surface area (Å²) in [4.78, 5) is 15.2. The van der Waals surface area contributed by atoms with Crippen molar-refractivity contribution in [1.29, 1.82) is 0 Å².